The van der Waals surface area contributed by atoms with Crippen molar-refractivity contribution in [3.63, 3.8) is 0 Å². The highest BCUT2D eigenvalue weighted by Gasteiger charge is 2.10. The largest absolute Gasteiger partial charge is 0.0995 e. The van der Waals surface area contributed by atoms with Crippen LogP contribution in [0, 0.1) is 5.92 Å². The molecule has 0 aliphatic heterocycles. The highest BCUT2D eigenvalue weighted by molar-refractivity contribution is 5.26. The van der Waals surface area contributed by atoms with Crippen LogP contribution in [0.5, 0.6) is 0 Å². The molecule has 0 nitrogen and oxygen atoms in total. The monoisotopic (exact) mass is 384 g/mol. The smallest absolute Gasteiger partial charge is 0.00698 e. The number of hydrogen-bond donors (Lipinski definition) is 0. The Morgan fingerprint density at radius 1 is 0.679 bits per heavy atom. The lowest BCUT2D eigenvalue weighted by molar-refractivity contribution is 0.402. The maximum absolute atomic E-state index is 4.22. The van der Waals surface area contributed by atoms with Gasteiger partial charge in [-0.05, 0) is 36.3 Å². The summed E-state index contributed by atoms with van der Waals surface area (Å²) in [4.78, 5) is 0. The van der Waals surface area contributed by atoms with Gasteiger partial charge in [0, 0.05) is 0 Å². The molecule has 0 saturated heterocycles. The third kappa shape index (κ3) is 12.4. The summed E-state index contributed by atoms with van der Waals surface area (Å²) >= 11 is 0. The Bertz CT molecular complexity index is 481. The van der Waals surface area contributed by atoms with Gasteiger partial charge in [0.15, 0.2) is 0 Å². The van der Waals surface area contributed by atoms with Crippen molar-refractivity contribution in [3.8, 4) is 0 Å². The fourth-order valence-electron chi connectivity index (χ4n) is 4.28. The molecule has 0 aromatic heterocycles. The molecule has 0 amide bonds. The van der Waals surface area contributed by atoms with Crippen LogP contribution in [0.3, 0.4) is 0 Å². The maximum Gasteiger partial charge on any atom is -0.00698 e. The van der Waals surface area contributed by atoms with Crippen molar-refractivity contribution >= 4 is 0 Å². The summed E-state index contributed by atoms with van der Waals surface area (Å²) in [5, 5.41) is 0. The molecule has 1 rings (SSSR count). The quantitative estimate of drug-likeness (QED) is 0.174. The molecule has 0 spiro atoms. The molecular formula is C28H48. The van der Waals surface area contributed by atoms with Gasteiger partial charge in [-0.3, -0.25) is 0 Å². The van der Waals surface area contributed by atoms with Crippen molar-refractivity contribution in [1.82, 2.24) is 0 Å². The minimum absolute atomic E-state index is 0.879. The van der Waals surface area contributed by atoms with Crippen LogP contribution in [0.1, 0.15) is 122 Å². The molecule has 0 heteroatoms. The van der Waals surface area contributed by atoms with E-state index in [9.17, 15) is 0 Å². The summed E-state index contributed by atoms with van der Waals surface area (Å²) in [6.07, 6.45) is 21.6. The van der Waals surface area contributed by atoms with E-state index in [1.54, 1.807) is 0 Å². The van der Waals surface area contributed by atoms with E-state index in [1.165, 1.54) is 107 Å². The number of rotatable bonds is 18. The molecule has 1 aromatic rings. The Labute approximate surface area is 177 Å². The molecule has 0 saturated carbocycles. The summed E-state index contributed by atoms with van der Waals surface area (Å²) in [5.41, 5.74) is 4.33. The molecule has 0 radical (unpaired) electrons. The second-order valence-electron chi connectivity index (χ2n) is 8.97. The average Bonchev–Trinajstić information content (AvgIpc) is 2.69. The lowest BCUT2D eigenvalue weighted by Crippen LogP contribution is -2.05. The summed E-state index contributed by atoms with van der Waals surface area (Å²) in [5.74, 6) is 0.879. The summed E-state index contributed by atoms with van der Waals surface area (Å²) in [6, 6.07) is 9.45. The molecule has 160 valence electrons. The third-order valence-corrected chi connectivity index (χ3v) is 6.04. The minimum Gasteiger partial charge on any atom is -0.0995 e. The second kappa shape index (κ2) is 16.9. The van der Waals surface area contributed by atoms with Gasteiger partial charge < -0.3 is 0 Å². The van der Waals surface area contributed by atoms with Gasteiger partial charge in [-0.15, -0.1) is 0 Å². The molecular weight excluding hydrogens is 336 g/mol. The first-order valence-corrected chi connectivity index (χ1v) is 12.4. The van der Waals surface area contributed by atoms with Crippen LogP contribution in [0.15, 0.2) is 36.4 Å². The lowest BCUT2D eigenvalue weighted by atomic mass is 9.88. The van der Waals surface area contributed by atoms with Crippen molar-refractivity contribution < 1.29 is 0 Å². The topological polar surface area (TPSA) is 0 Å². The van der Waals surface area contributed by atoms with Crippen LogP contribution in [-0.4, -0.2) is 0 Å². The number of allylic oxidation sites excluding steroid dienone is 1. The zero-order valence-electron chi connectivity index (χ0n) is 19.4. The van der Waals surface area contributed by atoms with Crippen LogP contribution in [0.25, 0.3) is 0 Å². The van der Waals surface area contributed by atoms with Crippen molar-refractivity contribution in [2.45, 2.75) is 124 Å². The molecule has 0 fully saturated rings. The fourth-order valence-corrected chi connectivity index (χ4v) is 4.28. The van der Waals surface area contributed by atoms with Gasteiger partial charge >= 0.3 is 0 Å². The van der Waals surface area contributed by atoms with E-state index in [4.69, 9.17) is 0 Å². The van der Waals surface area contributed by atoms with Crippen LogP contribution >= 0.6 is 0 Å². The van der Waals surface area contributed by atoms with Gasteiger partial charge in [0.2, 0.25) is 0 Å². The zero-order valence-corrected chi connectivity index (χ0v) is 19.4. The predicted octanol–water partition coefficient (Wildman–Crippen LogP) is 9.47. The standard InChI is InChI=1S/C28H48/c1-5-8-10-12-13-15-18-26(17-14-11-9-6-2)24-28-21-19-27(20-22-28)23-25(4)16-7-3/h19-22,26H,4-18,23-24H2,1-3H3. The first kappa shape index (κ1) is 25.0. The molecule has 1 aromatic carbocycles. The molecule has 1 atom stereocenters. The van der Waals surface area contributed by atoms with E-state index in [1.807, 2.05) is 0 Å². The van der Waals surface area contributed by atoms with E-state index in [0.717, 1.165) is 18.8 Å². The van der Waals surface area contributed by atoms with Gasteiger partial charge in [-0.2, -0.15) is 0 Å². The number of hydrogen-bond acceptors (Lipinski definition) is 0. The van der Waals surface area contributed by atoms with Gasteiger partial charge in [0.25, 0.3) is 0 Å². The average molecular weight is 385 g/mol. The van der Waals surface area contributed by atoms with Gasteiger partial charge in [0.05, 0.1) is 0 Å². The molecule has 1 unspecified atom stereocenters. The van der Waals surface area contributed by atoms with Crippen LogP contribution in [0.4, 0.5) is 0 Å². The molecule has 0 bridgehead atoms. The van der Waals surface area contributed by atoms with Crippen molar-refractivity contribution in [2.75, 3.05) is 0 Å². The lowest BCUT2D eigenvalue weighted by Gasteiger charge is -2.17. The Balaban J connectivity index is 2.47. The maximum atomic E-state index is 4.22. The number of benzene rings is 1. The van der Waals surface area contributed by atoms with Gasteiger partial charge in [-0.1, -0.05) is 141 Å². The third-order valence-electron chi connectivity index (χ3n) is 6.04. The van der Waals surface area contributed by atoms with Gasteiger partial charge in [-0.25, -0.2) is 0 Å². The Kier molecular flexibility index (Phi) is 15.1. The van der Waals surface area contributed by atoms with E-state index < -0.39 is 0 Å². The van der Waals surface area contributed by atoms with E-state index in [-0.39, 0.29) is 0 Å². The highest BCUT2D eigenvalue weighted by Crippen LogP contribution is 2.23. The molecule has 0 N–H and O–H groups in total. The van der Waals surface area contributed by atoms with Crippen LogP contribution in [-0.2, 0) is 12.8 Å². The number of unbranched alkanes of at least 4 members (excludes halogenated alkanes) is 8. The molecule has 0 aliphatic carbocycles. The summed E-state index contributed by atoms with van der Waals surface area (Å²) in [7, 11) is 0. The predicted molar refractivity (Wildman–Crippen MR) is 128 cm³/mol. The minimum atomic E-state index is 0.879. The van der Waals surface area contributed by atoms with E-state index >= 15 is 0 Å². The Hall–Kier alpha value is -1.04. The molecule has 0 aliphatic rings. The van der Waals surface area contributed by atoms with Crippen molar-refractivity contribution in [3.05, 3.63) is 47.5 Å². The van der Waals surface area contributed by atoms with Gasteiger partial charge in [0.1, 0.15) is 0 Å². The van der Waals surface area contributed by atoms with Crippen molar-refractivity contribution in [2.24, 2.45) is 5.92 Å². The highest BCUT2D eigenvalue weighted by atomic mass is 14.2. The Morgan fingerprint density at radius 3 is 1.75 bits per heavy atom. The SMILES string of the molecule is C=C(CCC)Cc1ccc(CC(CCCCCC)CCCCCCCC)cc1. The zero-order chi connectivity index (χ0) is 20.5. The van der Waals surface area contributed by atoms with E-state index in [2.05, 4.69) is 51.6 Å². The summed E-state index contributed by atoms with van der Waals surface area (Å²) in [6.45, 7) is 11.1. The Morgan fingerprint density at radius 2 is 1.18 bits per heavy atom. The first-order valence-electron chi connectivity index (χ1n) is 12.4. The molecule has 0 heterocycles. The van der Waals surface area contributed by atoms with Crippen LogP contribution in [0.2, 0.25) is 0 Å². The van der Waals surface area contributed by atoms with E-state index in [0.29, 0.717) is 0 Å². The summed E-state index contributed by atoms with van der Waals surface area (Å²) < 4.78 is 0. The van der Waals surface area contributed by atoms with Crippen LogP contribution < -0.4 is 0 Å². The normalized spacial score (nSPS) is 12.2. The first-order chi connectivity index (χ1) is 13.7. The fraction of sp³-hybridized carbons (Fsp3) is 0.714. The van der Waals surface area contributed by atoms with Crippen molar-refractivity contribution in [1.29, 1.82) is 0 Å². The molecule has 28 heavy (non-hydrogen) atoms. The second-order valence-corrected chi connectivity index (χ2v) is 8.97.